The second kappa shape index (κ2) is 9.60. The van der Waals surface area contributed by atoms with Crippen LogP contribution in [-0.2, 0) is 9.53 Å². The van der Waals surface area contributed by atoms with Crippen LogP contribution in [0.3, 0.4) is 0 Å². The third-order valence-corrected chi connectivity index (χ3v) is 6.66. The first-order valence-electron chi connectivity index (χ1n) is 9.85. The second-order valence-corrected chi connectivity index (χ2v) is 8.90. The van der Waals surface area contributed by atoms with Crippen molar-refractivity contribution in [3.05, 3.63) is 33.2 Å². The van der Waals surface area contributed by atoms with Crippen molar-refractivity contribution in [2.24, 2.45) is 0 Å². The van der Waals surface area contributed by atoms with Crippen LogP contribution in [0.15, 0.2) is 27.9 Å². The normalized spacial score (nSPS) is 16.1. The Kier molecular flexibility index (Phi) is 7.18. The largest absolute Gasteiger partial charge is 0.462 e. The van der Waals surface area contributed by atoms with E-state index in [0.717, 1.165) is 52.7 Å². The number of ether oxygens (including phenoxy) is 1. The minimum absolute atomic E-state index is 0.280. The Bertz CT molecular complexity index is 856. The molecular weight excluding hydrogens is 392 g/mol. The Balaban J connectivity index is 1.96. The topological polar surface area (TPSA) is 69.0 Å². The van der Waals surface area contributed by atoms with Gasteiger partial charge in [-0.05, 0) is 43.7 Å². The summed E-state index contributed by atoms with van der Waals surface area (Å²) < 4.78 is 7.41. The van der Waals surface area contributed by atoms with Crippen molar-refractivity contribution in [1.82, 2.24) is 14.8 Å². The number of aromatic nitrogens is 3. The van der Waals surface area contributed by atoms with E-state index in [1.54, 1.807) is 23.1 Å². The van der Waals surface area contributed by atoms with Crippen molar-refractivity contribution in [3.8, 4) is 0 Å². The van der Waals surface area contributed by atoms with Crippen LogP contribution in [0.1, 0.15) is 62.9 Å². The monoisotopic (exact) mass is 420 g/mol. The molecule has 0 fully saturated rings. The lowest BCUT2D eigenvalue weighted by atomic mass is 10.00. The Hall–Kier alpha value is -1.80. The molecule has 2 aromatic rings. The van der Waals surface area contributed by atoms with Crippen molar-refractivity contribution < 1.29 is 9.53 Å². The van der Waals surface area contributed by atoms with Crippen molar-refractivity contribution >= 4 is 35.0 Å². The van der Waals surface area contributed by atoms with Crippen molar-refractivity contribution in [3.63, 3.8) is 0 Å². The van der Waals surface area contributed by atoms with E-state index in [-0.39, 0.29) is 12.0 Å². The average Bonchev–Trinajstić information content (AvgIpc) is 3.26. The molecule has 0 spiro atoms. The number of allylic oxidation sites excluding steroid dienone is 1. The maximum atomic E-state index is 12.9. The molecule has 28 heavy (non-hydrogen) atoms. The van der Waals surface area contributed by atoms with Crippen LogP contribution in [0, 0.1) is 6.92 Å². The highest BCUT2D eigenvalue weighted by atomic mass is 32.2. The number of hydrogen-bond donors (Lipinski definition) is 1. The molecule has 0 aliphatic carbocycles. The Labute approximate surface area is 174 Å². The van der Waals surface area contributed by atoms with E-state index in [1.807, 2.05) is 11.6 Å². The number of anilines is 1. The zero-order chi connectivity index (χ0) is 20.1. The van der Waals surface area contributed by atoms with E-state index in [9.17, 15) is 4.79 Å². The van der Waals surface area contributed by atoms with Crippen LogP contribution < -0.4 is 5.32 Å². The van der Waals surface area contributed by atoms with Crippen molar-refractivity contribution in [1.29, 1.82) is 0 Å². The molecule has 152 valence electrons. The summed E-state index contributed by atoms with van der Waals surface area (Å²) in [5.74, 6) is 1.39. The van der Waals surface area contributed by atoms with Crippen LogP contribution in [0.4, 0.5) is 5.95 Å². The van der Waals surface area contributed by atoms with E-state index < -0.39 is 0 Å². The molecule has 1 aliphatic rings. The zero-order valence-electron chi connectivity index (χ0n) is 16.9. The van der Waals surface area contributed by atoms with E-state index >= 15 is 0 Å². The molecule has 0 saturated heterocycles. The van der Waals surface area contributed by atoms with Gasteiger partial charge in [0.15, 0.2) is 0 Å². The number of thioether (sulfide) groups is 1. The summed E-state index contributed by atoms with van der Waals surface area (Å²) in [4.78, 5) is 18.7. The first-order chi connectivity index (χ1) is 13.6. The predicted octanol–water partition coefficient (Wildman–Crippen LogP) is 5.17. The Morgan fingerprint density at radius 2 is 2.11 bits per heavy atom. The summed E-state index contributed by atoms with van der Waals surface area (Å²) in [5, 5.41) is 10.8. The lowest BCUT2D eigenvalue weighted by molar-refractivity contribution is -0.139. The van der Waals surface area contributed by atoms with Gasteiger partial charge in [0.2, 0.25) is 11.1 Å². The van der Waals surface area contributed by atoms with Crippen molar-refractivity contribution in [2.75, 3.05) is 17.7 Å². The van der Waals surface area contributed by atoms with Crippen LogP contribution in [0.5, 0.6) is 0 Å². The van der Waals surface area contributed by atoms with Gasteiger partial charge < -0.3 is 10.1 Å². The number of carbonyl (C=O) groups excluding carboxylic acids is 1. The van der Waals surface area contributed by atoms with Gasteiger partial charge in [0.05, 0.1) is 12.2 Å². The second-order valence-electron chi connectivity index (χ2n) is 6.89. The number of rotatable bonds is 9. The van der Waals surface area contributed by atoms with Crippen LogP contribution in [-0.4, -0.2) is 33.1 Å². The number of fused-ring (bicyclic) bond motifs is 1. The van der Waals surface area contributed by atoms with Gasteiger partial charge >= 0.3 is 5.97 Å². The molecule has 8 heteroatoms. The summed E-state index contributed by atoms with van der Waals surface area (Å²) in [6, 6.07) is 1.77. The fourth-order valence-corrected chi connectivity index (χ4v) is 4.99. The van der Waals surface area contributed by atoms with Crippen LogP contribution in [0.2, 0.25) is 0 Å². The number of carbonyl (C=O) groups is 1. The van der Waals surface area contributed by atoms with Gasteiger partial charge in [-0.25, -0.2) is 9.48 Å². The summed E-state index contributed by atoms with van der Waals surface area (Å²) in [6.07, 6.45) is 4.12. The van der Waals surface area contributed by atoms with Gasteiger partial charge in [0.25, 0.3) is 0 Å². The molecule has 0 saturated carbocycles. The summed E-state index contributed by atoms with van der Waals surface area (Å²) >= 11 is 3.29. The highest BCUT2D eigenvalue weighted by Crippen LogP contribution is 2.40. The molecule has 3 heterocycles. The average molecular weight is 421 g/mol. The van der Waals surface area contributed by atoms with E-state index in [4.69, 9.17) is 9.84 Å². The first-order valence-corrected chi connectivity index (χ1v) is 11.7. The van der Waals surface area contributed by atoms with Gasteiger partial charge in [0.1, 0.15) is 6.04 Å². The SMILES string of the molecule is CCCCOC(=O)C1=C(C)Nc2nc(SCCCC)nn2C1c1sccc1C. The third kappa shape index (κ3) is 4.43. The highest BCUT2D eigenvalue weighted by Gasteiger charge is 2.36. The van der Waals surface area contributed by atoms with Crippen molar-refractivity contribution in [2.45, 2.75) is 64.6 Å². The molecule has 6 nitrogen and oxygen atoms in total. The lowest BCUT2D eigenvalue weighted by Gasteiger charge is -2.27. The number of aryl methyl sites for hydroxylation is 1. The Morgan fingerprint density at radius 1 is 1.32 bits per heavy atom. The maximum Gasteiger partial charge on any atom is 0.338 e. The molecule has 0 aromatic carbocycles. The van der Waals surface area contributed by atoms with E-state index in [2.05, 4.69) is 42.5 Å². The number of nitrogens with one attached hydrogen (secondary N) is 1. The molecule has 3 rings (SSSR count). The molecule has 0 radical (unpaired) electrons. The van der Waals surface area contributed by atoms with Gasteiger partial charge in [-0.3, -0.25) is 0 Å². The molecule has 0 amide bonds. The number of hydrogen-bond acceptors (Lipinski definition) is 7. The first kappa shape index (κ1) is 20.9. The summed E-state index contributed by atoms with van der Waals surface area (Å²) in [5.41, 5.74) is 2.54. The number of nitrogens with zero attached hydrogens (tertiary/aromatic N) is 3. The maximum absolute atomic E-state index is 12.9. The minimum atomic E-state index is -0.307. The van der Waals surface area contributed by atoms with Gasteiger partial charge in [-0.1, -0.05) is 38.5 Å². The van der Waals surface area contributed by atoms with Gasteiger partial charge in [0, 0.05) is 16.3 Å². The lowest BCUT2D eigenvalue weighted by Crippen LogP contribution is -2.29. The fraction of sp³-hybridized carbons (Fsp3) is 0.550. The molecule has 1 aliphatic heterocycles. The third-order valence-electron chi connectivity index (χ3n) is 4.66. The Morgan fingerprint density at radius 3 is 2.79 bits per heavy atom. The number of unbranched alkanes of at least 4 members (excludes halogenated alkanes) is 2. The summed E-state index contributed by atoms with van der Waals surface area (Å²) in [7, 11) is 0. The molecule has 1 unspecified atom stereocenters. The highest BCUT2D eigenvalue weighted by molar-refractivity contribution is 7.99. The standard InChI is InChI=1S/C20H28N4O2S2/c1-5-7-10-26-18(25)15-14(4)21-19-22-20(28-11-8-6-2)23-24(19)16(15)17-13(3)9-12-27-17/h9,12,16H,5-8,10-11H2,1-4H3,(H,21,22,23). The van der Waals surface area contributed by atoms with Gasteiger partial charge in [-0.2, -0.15) is 4.98 Å². The fourth-order valence-electron chi connectivity index (χ4n) is 3.06. The number of thiophene rings is 1. The minimum Gasteiger partial charge on any atom is -0.462 e. The van der Waals surface area contributed by atoms with Crippen LogP contribution in [0.25, 0.3) is 0 Å². The zero-order valence-corrected chi connectivity index (χ0v) is 18.6. The molecule has 0 bridgehead atoms. The molecular formula is C20H28N4O2S2. The predicted molar refractivity (Wildman–Crippen MR) is 115 cm³/mol. The quantitative estimate of drug-likeness (QED) is 0.343. The summed E-state index contributed by atoms with van der Waals surface area (Å²) in [6.45, 7) is 8.67. The molecule has 1 N–H and O–H groups in total. The van der Waals surface area contributed by atoms with E-state index in [0.29, 0.717) is 18.1 Å². The molecule has 2 aromatic heterocycles. The smallest absolute Gasteiger partial charge is 0.338 e. The van der Waals surface area contributed by atoms with Gasteiger partial charge in [-0.15, -0.1) is 16.4 Å². The van der Waals surface area contributed by atoms with E-state index in [1.165, 1.54) is 0 Å². The molecule has 1 atom stereocenters. The number of esters is 1. The van der Waals surface area contributed by atoms with Crippen LogP contribution >= 0.6 is 23.1 Å².